The second-order valence-electron chi connectivity index (χ2n) is 2.70. The van der Waals surface area contributed by atoms with Crippen LogP contribution in [0.25, 0.3) is 0 Å². The maximum absolute atomic E-state index is 13.1. The molecule has 0 aromatic heterocycles. The number of halogens is 1. The van der Waals surface area contributed by atoms with E-state index in [9.17, 15) is 14.1 Å². The minimum Gasteiger partial charge on any atom is -0.477 e. The molecule has 1 aromatic rings. The SMILES string of the molecule is C=C(C(=O)O)N(F)C(=O)c1ccccc1. The van der Waals surface area contributed by atoms with Gasteiger partial charge in [0.2, 0.25) is 0 Å². The summed E-state index contributed by atoms with van der Waals surface area (Å²) in [5.41, 5.74) is -0.855. The molecule has 1 N–H and O–H groups in total. The Bertz CT molecular complexity index is 402. The van der Waals surface area contributed by atoms with E-state index < -0.39 is 22.7 Å². The van der Waals surface area contributed by atoms with Crippen molar-refractivity contribution in [2.24, 2.45) is 0 Å². The molecule has 0 atom stereocenters. The fourth-order valence-corrected chi connectivity index (χ4v) is 0.901. The van der Waals surface area contributed by atoms with Crippen molar-refractivity contribution in [3.05, 3.63) is 48.2 Å². The fourth-order valence-electron chi connectivity index (χ4n) is 0.901. The molecule has 1 rings (SSSR count). The lowest BCUT2D eigenvalue weighted by atomic mass is 10.2. The molecule has 0 aliphatic rings. The van der Waals surface area contributed by atoms with E-state index in [1.807, 2.05) is 0 Å². The fraction of sp³-hybridized carbons (Fsp3) is 0. The molecule has 1 amide bonds. The van der Waals surface area contributed by atoms with Crippen LogP contribution in [0.5, 0.6) is 0 Å². The van der Waals surface area contributed by atoms with Gasteiger partial charge in [-0.3, -0.25) is 4.79 Å². The van der Waals surface area contributed by atoms with Gasteiger partial charge in [-0.05, 0) is 12.1 Å². The minimum absolute atomic E-state index is 0.0578. The van der Waals surface area contributed by atoms with Crippen LogP contribution in [0.3, 0.4) is 0 Å². The third-order valence-corrected chi connectivity index (χ3v) is 1.68. The average Bonchev–Trinajstić information content (AvgIpc) is 2.27. The molecule has 0 unspecified atom stereocenters. The van der Waals surface area contributed by atoms with E-state index in [4.69, 9.17) is 5.11 Å². The summed E-state index contributed by atoms with van der Waals surface area (Å²) in [6.07, 6.45) is 0. The number of carbonyl (C=O) groups excluding carboxylic acids is 1. The third-order valence-electron chi connectivity index (χ3n) is 1.68. The van der Waals surface area contributed by atoms with E-state index in [0.717, 1.165) is 0 Å². The highest BCUT2D eigenvalue weighted by molar-refractivity contribution is 5.99. The van der Waals surface area contributed by atoms with Crippen molar-refractivity contribution in [1.29, 1.82) is 0 Å². The zero-order chi connectivity index (χ0) is 11.4. The Morgan fingerprint density at radius 3 is 2.27 bits per heavy atom. The standard InChI is InChI=1S/C10H8FNO3/c1-7(10(14)15)12(11)9(13)8-5-3-2-4-6-8/h2-6H,1H2,(H,14,15). The maximum atomic E-state index is 13.1. The van der Waals surface area contributed by atoms with Crippen molar-refractivity contribution in [2.75, 3.05) is 0 Å². The van der Waals surface area contributed by atoms with Crippen LogP contribution in [0.15, 0.2) is 42.6 Å². The number of nitrogens with zero attached hydrogens (tertiary/aromatic N) is 1. The lowest BCUT2D eigenvalue weighted by Crippen LogP contribution is -2.25. The highest BCUT2D eigenvalue weighted by Crippen LogP contribution is 2.10. The minimum atomic E-state index is -1.58. The van der Waals surface area contributed by atoms with Gasteiger partial charge in [0.1, 0.15) is 0 Å². The Morgan fingerprint density at radius 1 is 1.27 bits per heavy atom. The predicted octanol–water partition coefficient (Wildman–Crippen LogP) is 1.61. The van der Waals surface area contributed by atoms with Crippen LogP contribution >= 0.6 is 0 Å². The summed E-state index contributed by atoms with van der Waals surface area (Å²) in [5, 5.41) is 7.93. The summed E-state index contributed by atoms with van der Waals surface area (Å²) >= 11 is 0. The number of amides is 1. The first-order valence-corrected chi connectivity index (χ1v) is 4.01. The number of hydrogen-bond acceptors (Lipinski definition) is 2. The van der Waals surface area contributed by atoms with Crippen molar-refractivity contribution in [1.82, 2.24) is 5.12 Å². The Labute approximate surface area is 85.2 Å². The van der Waals surface area contributed by atoms with E-state index in [-0.39, 0.29) is 5.56 Å². The highest BCUT2D eigenvalue weighted by atomic mass is 19.2. The summed E-state index contributed by atoms with van der Waals surface area (Å²) in [6, 6.07) is 7.51. The van der Waals surface area contributed by atoms with Gasteiger partial charge in [-0.25, -0.2) is 4.79 Å². The molecule has 1 aromatic carbocycles. The van der Waals surface area contributed by atoms with Gasteiger partial charge in [0.25, 0.3) is 5.91 Å². The maximum Gasteiger partial charge on any atom is 0.354 e. The molecule has 0 spiro atoms. The van der Waals surface area contributed by atoms with E-state index in [2.05, 4.69) is 6.58 Å². The van der Waals surface area contributed by atoms with Crippen molar-refractivity contribution in [2.45, 2.75) is 0 Å². The molecule has 4 nitrogen and oxygen atoms in total. The topological polar surface area (TPSA) is 57.6 Å². The van der Waals surface area contributed by atoms with E-state index in [1.54, 1.807) is 18.2 Å². The molecule has 0 aliphatic carbocycles. The van der Waals surface area contributed by atoms with Crippen molar-refractivity contribution in [3.8, 4) is 0 Å². The number of benzene rings is 1. The molecule has 0 saturated carbocycles. The lowest BCUT2D eigenvalue weighted by Gasteiger charge is -2.10. The van der Waals surface area contributed by atoms with Gasteiger partial charge in [-0.1, -0.05) is 29.3 Å². The molecule has 0 saturated heterocycles. The average molecular weight is 209 g/mol. The molecule has 0 bridgehead atoms. The van der Waals surface area contributed by atoms with Crippen LogP contribution in [0, 0.1) is 0 Å². The molecule has 0 radical (unpaired) electrons. The van der Waals surface area contributed by atoms with Crippen molar-refractivity contribution < 1.29 is 19.2 Å². The zero-order valence-electron chi connectivity index (χ0n) is 7.68. The van der Waals surface area contributed by atoms with Crippen LogP contribution in [-0.2, 0) is 4.79 Å². The summed E-state index contributed by atoms with van der Waals surface area (Å²) < 4.78 is 13.1. The number of carbonyl (C=O) groups is 2. The monoisotopic (exact) mass is 209 g/mol. The normalized spacial score (nSPS) is 9.40. The Morgan fingerprint density at radius 2 is 1.80 bits per heavy atom. The number of hydrogen-bond donors (Lipinski definition) is 1. The first-order valence-electron chi connectivity index (χ1n) is 4.01. The van der Waals surface area contributed by atoms with E-state index in [0.29, 0.717) is 0 Å². The number of carboxylic acids is 1. The summed E-state index contributed by atoms with van der Waals surface area (Å²) in [7, 11) is 0. The van der Waals surface area contributed by atoms with Crippen LogP contribution in [0.4, 0.5) is 4.48 Å². The second kappa shape index (κ2) is 4.36. The number of aliphatic carboxylic acids is 1. The van der Waals surface area contributed by atoms with Gasteiger partial charge in [0, 0.05) is 5.56 Å². The first-order chi connectivity index (χ1) is 7.04. The summed E-state index contributed by atoms with van der Waals surface area (Å²) in [5.74, 6) is -2.63. The zero-order valence-corrected chi connectivity index (χ0v) is 7.68. The summed E-state index contributed by atoms with van der Waals surface area (Å²) in [6.45, 7) is 2.93. The summed E-state index contributed by atoms with van der Waals surface area (Å²) in [4.78, 5) is 21.7. The molecule has 78 valence electrons. The van der Waals surface area contributed by atoms with E-state index in [1.165, 1.54) is 12.1 Å². The molecule has 15 heavy (non-hydrogen) atoms. The van der Waals surface area contributed by atoms with Gasteiger partial charge in [-0.2, -0.15) is 0 Å². The van der Waals surface area contributed by atoms with Crippen LogP contribution < -0.4 is 0 Å². The van der Waals surface area contributed by atoms with Crippen molar-refractivity contribution in [3.63, 3.8) is 0 Å². The van der Waals surface area contributed by atoms with Gasteiger partial charge >= 0.3 is 5.97 Å². The van der Waals surface area contributed by atoms with Crippen LogP contribution in [-0.4, -0.2) is 22.1 Å². The Hall–Kier alpha value is -2.17. The van der Waals surface area contributed by atoms with Crippen molar-refractivity contribution >= 4 is 11.9 Å². The van der Waals surface area contributed by atoms with Gasteiger partial charge in [0.15, 0.2) is 5.70 Å². The third kappa shape index (κ3) is 2.40. The highest BCUT2D eigenvalue weighted by Gasteiger charge is 2.22. The lowest BCUT2D eigenvalue weighted by molar-refractivity contribution is -0.135. The smallest absolute Gasteiger partial charge is 0.354 e. The predicted molar refractivity (Wildman–Crippen MR) is 50.5 cm³/mol. The van der Waals surface area contributed by atoms with Gasteiger partial charge < -0.3 is 5.11 Å². The molecule has 0 fully saturated rings. The number of rotatable bonds is 3. The van der Waals surface area contributed by atoms with Gasteiger partial charge in [0.05, 0.1) is 0 Å². The molecular weight excluding hydrogens is 201 g/mol. The number of carboxylic acid groups (broad SMARTS) is 1. The Balaban J connectivity index is 2.87. The molecular formula is C10H8FNO3. The van der Waals surface area contributed by atoms with Gasteiger partial charge in [-0.15, -0.1) is 5.12 Å². The second-order valence-corrected chi connectivity index (χ2v) is 2.70. The molecule has 0 heterocycles. The van der Waals surface area contributed by atoms with Crippen LogP contribution in [0.2, 0.25) is 0 Å². The molecule has 0 aliphatic heterocycles. The largest absolute Gasteiger partial charge is 0.477 e. The van der Waals surface area contributed by atoms with Crippen LogP contribution in [0.1, 0.15) is 10.4 Å². The first kappa shape index (κ1) is 10.9. The van der Waals surface area contributed by atoms with E-state index >= 15 is 0 Å². The molecule has 5 heteroatoms. The quantitative estimate of drug-likeness (QED) is 0.607. The Kier molecular flexibility index (Phi) is 3.17.